The molecule has 5 rings (SSSR count). The van der Waals surface area contributed by atoms with Crippen molar-refractivity contribution in [2.75, 3.05) is 18.5 Å². The molecular weight excluding hydrogens is 423 g/mol. The molecule has 0 fully saturated rings. The van der Waals surface area contributed by atoms with E-state index < -0.39 is 5.97 Å². The first-order valence-electron chi connectivity index (χ1n) is 10.7. The van der Waals surface area contributed by atoms with Gasteiger partial charge in [-0.15, -0.1) is 0 Å². The number of halogens is 1. The van der Waals surface area contributed by atoms with Crippen molar-refractivity contribution in [2.45, 2.75) is 19.1 Å². The number of hydrogen-bond acceptors (Lipinski definition) is 5. The van der Waals surface area contributed by atoms with Gasteiger partial charge in [-0.05, 0) is 23.8 Å². The van der Waals surface area contributed by atoms with Crippen molar-refractivity contribution < 1.29 is 23.4 Å². The fourth-order valence-corrected chi connectivity index (χ4v) is 4.42. The van der Waals surface area contributed by atoms with Crippen molar-refractivity contribution in [1.29, 1.82) is 0 Å². The van der Waals surface area contributed by atoms with Crippen LogP contribution in [-0.2, 0) is 17.8 Å². The number of carboxylic acid groups (broad SMARTS) is 1. The van der Waals surface area contributed by atoms with Crippen molar-refractivity contribution in [2.24, 2.45) is 5.73 Å². The van der Waals surface area contributed by atoms with E-state index in [1.165, 1.54) is 0 Å². The number of furan rings is 1. The zero-order valence-corrected chi connectivity index (χ0v) is 18.0. The molecular formula is C26H23FN2O4. The molecule has 1 aliphatic heterocycles. The standard InChI is InChI=1S/C26H23FN2O4/c1-29-13-23(33-26-16(11-24(30)31)4-3-7-21(26)29)20-14-32-22-9-8-15(10-19(20)22)18-6-2-5-17(12-28)25(18)27/h2-10,14,23H,11-13,28H2,1H3,(H,30,31). The summed E-state index contributed by atoms with van der Waals surface area (Å²) in [5, 5.41) is 10.1. The number of nitrogens with two attached hydrogens (primary N) is 1. The van der Waals surface area contributed by atoms with Gasteiger partial charge in [-0.2, -0.15) is 0 Å². The van der Waals surface area contributed by atoms with Gasteiger partial charge in [-0.3, -0.25) is 4.79 Å². The molecule has 7 heteroatoms. The number of benzene rings is 3. The zero-order valence-electron chi connectivity index (χ0n) is 18.0. The van der Waals surface area contributed by atoms with E-state index in [2.05, 4.69) is 0 Å². The van der Waals surface area contributed by atoms with E-state index in [0.717, 1.165) is 16.6 Å². The first-order chi connectivity index (χ1) is 16.0. The van der Waals surface area contributed by atoms with Gasteiger partial charge < -0.3 is 24.9 Å². The Morgan fingerprint density at radius 1 is 1.18 bits per heavy atom. The molecule has 1 aromatic heterocycles. The maximum atomic E-state index is 14.9. The van der Waals surface area contributed by atoms with Crippen LogP contribution in [0.25, 0.3) is 22.1 Å². The van der Waals surface area contributed by atoms with Gasteiger partial charge in [0.2, 0.25) is 0 Å². The second-order valence-electron chi connectivity index (χ2n) is 8.21. The predicted octanol–water partition coefficient (Wildman–Crippen LogP) is 4.89. The van der Waals surface area contributed by atoms with Crippen LogP contribution >= 0.6 is 0 Å². The Bertz CT molecular complexity index is 1360. The summed E-state index contributed by atoms with van der Waals surface area (Å²) in [6.07, 6.45) is 1.15. The Labute approximate surface area is 190 Å². The second-order valence-corrected chi connectivity index (χ2v) is 8.21. The number of hydrogen-bond donors (Lipinski definition) is 2. The molecule has 168 valence electrons. The van der Waals surface area contributed by atoms with Crippen LogP contribution in [0, 0.1) is 5.82 Å². The highest BCUT2D eigenvalue weighted by Gasteiger charge is 2.29. The van der Waals surface area contributed by atoms with E-state index in [1.807, 2.05) is 42.3 Å². The lowest BCUT2D eigenvalue weighted by Gasteiger charge is -2.34. The molecule has 0 amide bonds. The maximum Gasteiger partial charge on any atom is 0.307 e. The average Bonchev–Trinajstić information content (AvgIpc) is 3.22. The van der Waals surface area contributed by atoms with Crippen molar-refractivity contribution in [3.63, 3.8) is 0 Å². The van der Waals surface area contributed by atoms with E-state index >= 15 is 0 Å². The van der Waals surface area contributed by atoms with E-state index in [9.17, 15) is 14.3 Å². The van der Waals surface area contributed by atoms with Crippen LogP contribution < -0.4 is 15.4 Å². The summed E-state index contributed by atoms with van der Waals surface area (Å²) in [6.45, 7) is 0.679. The summed E-state index contributed by atoms with van der Waals surface area (Å²) < 4.78 is 27.0. The van der Waals surface area contributed by atoms with E-state index in [0.29, 0.717) is 40.1 Å². The summed E-state index contributed by atoms with van der Waals surface area (Å²) in [7, 11) is 1.94. The molecule has 6 nitrogen and oxygen atoms in total. The van der Waals surface area contributed by atoms with Crippen molar-refractivity contribution >= 4 is 22.6 Å². The zero-order chi connectivity index (χ0) is 23.1. The lowest BCUT2D eigenvalue weighted by molar-refractivity contribution is -0.136. The van der Waals surface area contributed by atoms with Gasteiger partial charge in [0.1, 0.15) is 23.3 Å². The number of para-hydroxylation sites is 1. The Morgan fingerprint density at radius 2 is 1.97 bits per heavy atom. The van der Waals surface area contributed by atoms with Crippen LogP contribution in [0.1, 0.15) is 22.8 Å². The van der Waals surface area contributed by atoms with Gasteiger partial charge in [-0.25, -0.2) is 4.39 Å². The molecule has 0 saturated carbocycles. The van der Waals surface area contributed by atoms with Crippen LogP contribution in [0.4, 0.5) is 10.1 Å². The number of nitrogens with zero attached hydrogens (tertiary/aromatic N) is 1. The van der Waals surface area contributed by atoms with Crippen LogP contribution in [-0.4, -0.2) is 24.7 Å². The smallest absolute Gasteiger partial charge is 0.307 e. The van der Waals surface area contributed by atoms with Crippen LogP contribution in [0.15, 0.2) is 65.3 Å². The fraction of sp³-hybridized carbons (Fsp3) is 0.192. The SMILES string of the molecule is CN1CC(c2coc3ccc(-c4cccc(CN)c4F)cc23)Oc2c(CC(=O)O)cccc21. The quantitative estimate of drug-likeness (QED) is 0.454. The number of anilines is 1. The molecule has 3 N–H and O–H groups in total. The Balaban J connectivity index is 1.57. The number of aliphatic carboxylic acids is 1. The summed E-state index contributed by atoms with van der Waals surface area (Å²) in [6, 6.07) is 16.3. The minimum Gasteiger partial charge on any atom is -0.481 e. The minimum absolute atomic E-state index is 0.124. The van der Waals surface area contributed by atoms with Crippen molar-refractivity contribution in [3.8, 4) is 16.9 Å². The minimum atomic E-state index is -0.920. The number of ether oxygens (including phenoxy) is 1. The van der Waals surface area contributed by atoms with Gasteiger partial charge in [0, 0.05) is 41.2 Å². The van der Waals surface area contributed by atoms with Crippen LogP contribution in [0.3, 0.4) is 0 Å². The van der Waals surface area contributed by atoms with Crippen molar-refractivity contribution in [3.05, 3.63) is 83.4 Å². The molecule has 1 atom stereocenters. The fourth-order valence-electron chi connectivity index (χ4n) is 4.42. The lowest BCUT2D eigenvalue weighted by atomic mass is 9.98. The van der Waals surface area contributed by atoms with E-state index in [-0.39, 0.29) is 24.9 Å². The van der Waals surface area contributed by atoms with Crippen LogP contribution in [0.2, 0.25) is 0 Å². The first-order valence-corrected chi connectivity index (χ1v) is 10.7. The number of likely N-dealkylation sites (N-methyl/N-ethyl adjacent to an activating group) is 1. The van der Waals surface area contributed by atoms with Gasteiger partial charge in [0.05, 0.1) is 24.9 Å². The summed E-state index contributed by atoms with van der Waals surface area (Å²) in [5.41, 5.74) is 10.3. The number of fused-ring (bicyclic) bond motifs is 2. The molecule has 1 unspecified atom stereocenters. The Morgan fingerprint density at radius 3 is 2.76 bits per heavy atom. The summed E-state index contributed by atoms with van der Waals surface area (Å²) >= 11 is 0. The molecule has 3 aromatic carbocycles. The highest BCUT2D eigenvalue weighted by Crippen LogP contribution is 2.42. The highest BCUT2D eigenvalue weighted by atomic mass is 19.1. The normalized spacial score (nSPS) is 15.4. The number of rotatable bonds is 5. The molecule has 2 heterocycles. The molecule has 4 aromatic rings. The third-order valence-corrected chi connectivity index (χ3v) is 6.09. The van der Waals surface area contributed by atoms with E-state index in [4.69, 9.17) is 14.9 Å². The first kappa shape index (κ1) is 21.0. The van der Waals surface area contributed by atoms with E-state index in [1.54, 1.807) is 30.5 Å². The van der Waals surface area contributed by atoms with Gasteiger partial charge in [-0.1, -0.05) is 36.4 Å². The third kappa shape index (κ3) is 3.70. The lowest BCUT2D eigenvalue weighted by Crippen LogP contribution is -2.32. The molecule has 0 bridgehead atoms. The van der Waals surface area contributed by atoms with Crippen molar-refractivity contribution in [1.82, 2.24) is 0 Å². The van der Waals surface area contributed by atoms with Gasteiger partial charge in [0.15, 0.2) is 0 Å². The molecule has 1 aliphatic rings. The maximum absolute atomic E-state index is 14.9. The second kappa shape index (κ2) is 8.26. The summed E-state index contributed by atoms with van der Waals surface area (Å²) in [4.78, 5) is 13.4. The predicted molar refractivity (Wildman–Crippen MR) is 124 cm³/mol. The summed E-state index contributed by atoms with van der Waals surface area (Å²) in [5.74, 6) is -0.687. The van der Waals surface area contributed by atoms with Crippen LogP contribution in [0.5, 0.6) is 5.75 Å². The molecule has 0 aliphatic carbocycles. The van der Waals surface area contributed by atoms with Gasteiger partial charge >= 0.3 is 5.97 Å². The number of carbonyl (C=O) groups is 1. The molecule has 33 heavy (non-hydrogen) atoms. The Kier molecular flexibility index (Phi) is 5.26. The molecule has 0 radical (unpaired) electrons. The topological polar surface area (TPSA) is 88.9 Å². The monoisotopic (exact) mass is 446 g/mol. The molecule has 0 saturated heterocycles. The average molecular weight is 446 g/mol. The largest absolute Gasteiger partial charge is 0.481 e. The highest BCUT2D eigenvalue weighted by molar-refractivity contribution is 5.87. The third-order valence-electron chi connectivity index (χ3n) is 6.09. The number of carboxylic acids is 1. The molecule has 0 spiro atoms. The van der Waals surface area contributed by atoms with Gasteiger partial charge in [0.25, 0.3) is 0 Å². The Hall–Kier alpha value is -3.84.